The molecule has 6 nitrogen and oxygen atoms in total. The Labute approximate surface area is 122 Å². The standard InChI is InChI=1S/C15H17NO5/c1-3-21-15(20)12(10(2)17)9-16-13(14(18)19)11-7-5-4-6-8-11/h4-9,13,17H,3H2,1-2H3,(H,18,19)/t13-/m0/s1. The third-order valence-electron chi connectivity index (χ3n) is 2.59. The molecule has 0 bridgehead atoms. The van der Waals surface area contributed by atoms with E-state index in [0.29, 0.717) is 5.56 Å². The van der Waals surface area contributed by atoms with E-state index in [9.17, 15) is 19.8 Å². The van der Waals surface area contributed by atoms with Gasteiger partial charge in [-0.25, -0.2) is 9.59 Å². The van der Waals surface area contributed by atoms with Crippen LogP contribution in [0.1, 0.15) is 25.5 Å². The number of benzene rings is 1. The number of aliphatic hydroxyl groups is 1. The maximum atomic E-state index is 11.6. The molecule has 112 valence electrons. The van der Waals surface area contributed by atoms with Gasteiger partial charge in [-0.1, -0.05) is 30.3 Å². The molecular formula is C15H17NO5. The van der Waals surface area contributed by atoms with Crippen LogP contribution in [0.4, 0.5) is 0 Å². The van der Waals surface area contributed by atoms with E-state index < -0.39 is 18.0 Å². The molecule has 0 spiro atoms. The molecule has 0 aliphatic rings. The van der Waals surface area contributed by atoms with E-state index in [1.165, 1.54) is 6.92 Å². The van der Waals surface area contributed by atoms with Crippen LogP contribution in [0.3, 0.4) is 0 Å². The van der Waals surface area contributed by atoms with Gasteiger partial charge in [0, 0.05) is 6.21 Å². The summed E-state index contributed by atoms with van der Waals surface area (Å²) in [5, 5.41) is 18.7. The van der Waals surface area contributed by atoms with Gasteiger partial charge in [-0.2, -0.15) is 0 Å². The van der Waals surface area contributed by atoms with Gasteiger partial charge >= 0.3 is 11.9 Å². The Morgan fingerprint density at radius 3 is 2.38 bits per heavy atom. The number of carbonyl (C=O) groups is 2. The van der Waals surface area contributed by atoms with Gasteiger partial charge in [0.25, 0.3) is 0 Å². The number of hydrogen-bond acceptors (Lipinski definition) is 5. The van der Waals surface area contributed by atoms with E-state index in [1.54, 1.807) is 37.3 Å². The molecule has 6 heteroatoms. The summed E-state index contributed by atoms with van der Waals surface area (Å²) in [4.78, 5) is 26.8. The largest absolute Gasteiger partial charge is 0.512 e. The highest BCUT2D eigenvalue weighted by Gasteiger charge is 2.19. The van der Waals surface area contributed by atoms with Crippen molar-refractivity contribution in [1.29, 1.82) is 0 Å². The Morgan fingerprint density at radius 2 is 1.90 bits per heavy atom. The quantitative estimate of drug-likeness (QED) is 0.363. The van der Waals surface area contributed by atoms with E-state index in [0.717, 1.165) is 6.21 Å². The minimum atomic E-state index is -1.16. The summed E-state index contributed by atoms with van der Waals surface area (Å²) in [7, 11) is 0. The maximum Gasteiger partial charge on any atom is 0.343 e. The minimum Gasteiger partial charge on any atom is -0.512 e. The first-order valence-electron chi connectivity index (χ1n) is 6.35. The molecule has 1 atom stereocenters. The molecular weight excluding hydrogens is 274 g/mol. The molecule has 1 aromatic carbocycles. The second kappa shape index (κ2) is 7.84. The smallest absolute Gasteiger partial charge is 0.343 e. The molecule has 21 heavy (non-hydrogen) atoms. The third kappa shape index (κ3) is 4.76. The molecule has 0 heterocycles. The van der Waals surface area contributed by atoms with E-state index >= 15 is 0 Å². The lowest BCUT2D eigenvalue weighted by molar-refractivity contribution is -0.139. The Bertz CT molecular complexity index is 559. The van der Waals surface area contributed by atoms with Crippen LogP contribution in [0.2, 0.25) is 0 Å². The van der Waals surface area contributed by atoms with Crippen LogP contribution in [-0.4, -0.2) is 35.0 Å². The first-order valence-corrected chi connectivity index (χ1v) is 6.35. The summed E-state index contributed by atoms with van der Waals surface area (Å²) in [6.45, 7) is 3.07. The minimum absolute atomic E-state index is 0.143. The summed E-state index contributed by atoms with van der Waals surface area (Å²) in [5.41, 5.74) is 0.305. The van der Waals surface area contributed by atoms with Crippen molar-refractivity contribution in [2.24, 2.45) is 4.99 Å². The number of nitrogens with zero attached hydrogens (tertiary/aromatic N) is 1. The SMILES string of the molecule is CCOC(=O)C(C=N[C@H](C(=O)O)c1ccccc1)=C(C)O. The number of allylic oxidation sites excluding steroid dienone is 1. The van der Waals surface area contributed by atoms with Crippen LogP contribution in [0.25, 0.3) is 0 Å². The Hall–Kier alpha value is -2.63. The van der Waals surface area contributed by atoms with Crippen LogP contribution >= 0.6 is 0 Å². The van der Waals surface area contributed by atoms with Gasteiger partial charge in [-0.15, -0.1) is 0 Å². The van der Waals surface area contributed by atoms with Gasteiger partial charge in [-0.05, 0) is 19.4 Å². The predicted octanol–water partition coefficient (Wildman–Crippen LogP) is 2.28. The van der Waals surface area contributed by atoms with Gasteiger partial charge < -0.3 is 14.9 Å². The first-order chi connectivity index (χ1) is 9.97. The number of carboxylic acid groups (broad SMARTS) is 1. The lowest BCUT2D eigenvalue weighted by Gasteiger charge is -2.08. The van der Waals surface area contributed by atoms with E-state index in [2.05, 4.69) is 4.99 Å². The monoisotopic (exact) mass is 291 g/mol. The topological polar surface area (TPSA) is 96.2 Å². The van der Waals surface area contributed by atoms with Gasteiger partial charge in [0.1, 0.15) is 11.3 Å². The number of ether oxygens (including phenoxy) is 1. The van der Waals surface area contributed by atoms with Crippen molar-refractivity contribution in [3.8, 4) is 0 Å². The lowest BCUT2D eigenvalue weighted by Crippen LogP contribution is -2.14. The predicted molar refractivity (Wildman–Crippen MR) is 77.3 cm³/mol. The average molecular weight is 291 g/mol. The zero-order valence-corrected chi connectivity index (χ0v) is 11.8. The summed E-state index contributed by atoms with van der Waals surface area (Å²) in [6, 6.07) is 7.23. The van der Waals surface area contributed by atoms with Crippen LogP contribution in [0.15, 0.2) is 46.7 Å². The van der Waals surface area contributed by atoms with E-state index in [4.69, 9.17) is 4.74 Å². The average Bonchev–Trinajstić information content (AvgIpc) is 2.43. The fourth-order valence-corrected chi connectivity index (χ4v) is 1.58. The Kier molecular flexibility index (Phi) is 6.13. The molecule has 0 radical (unpaired) electrons. The van der Waals surface area contributed by atoms with Crippen molar-refractivity contribution < 1.29 is 24.5 Å². The number of rotatable bonds is 6. The van der Waals surface area contributed by atoms with Gasteiger partial charge in [0.2, 0.25) is 0 Å². The molecule has 0 saturated heterocycles. The summed E-state index contributed by atoms with van der Waals surface area (Å²) in [6.07, 6.45) is 1.03. The molecule has 0 saturated carbocycles. The van der Waals surface area contributed by atoms with Crippen molar-refractivity contribution in [3.05, 3.63) is 47.2 Å². The van der Waals surface area contributed by atoms with Gasteiger partial charge in [0.05, 0.1) is 6.61 Å². The van der Waals surface area contributed by atoms with Crippen molar-refractivity contribution in [1.82, 2.24) is 0 Å². The third-order valence-corrected chi connectivity index (χ3v) is 2.59. The summed E-state index contributed by atoms with van der Waals surface area (Å²) >= 11 is 0. The highest BCUT2D eigenvalue weighted by molar-refractivity contribution is 6.10. The second-order valence-corrected chi connectivity index (χ2v) is 4.15. The normalized spacial score (nSPS) is 13.6. The molecule has 1 aromatic rings. The summed E-state index contributed by atoms with van der Waals surface area (Å²) in [5.74, 6) is -2.19. The molecule has 0 fully saturated rings. The van der Waals surface area contributed by atoms with Crippen molar-refractivity contribution in [3.63, 3.8) is 0 Å². The number of aliphatic hydroxyl groups excluding tert-OH is 1. The first kappa shape index (κ1) is 16.4. The second-order valence-electron chi connectivity index (χ2n) is 4.15. The zero-order valence-electron chi connectivity index (χ0n) is 11.8. The molecule has 1 rings (SSSR count). The van der Waals surface area contributed by atoms with Crippen LogP contribution in [0, 0.1) is 0 Å². The highest BCUT2D eigenvalue weighted by atomic mass is 16.5. The fraction of sp³-hybridized carbons (Fsp3) is 0.267. The van der Waals surface area contributed by atoms with Crippen LogP contribution in [-0.2, 0) is 14.3 Å². The summed E-state index contributed by atoms with van der Waals surface area (Å²) < 4.78 is 4.77. The molecule has 0 aliphatic heterocycles. The number of aliphatic carboxylic acids is 1. The van der Waals surface area contributed by atoms with Crippen molar-refractivity contribution in [2.45, 2.75) is 19.9 Å². The molecule has 0 aromatic heterocycles. The van der Waals surface area contributed by atoms with Gasteiger partial charge in [0.15, 0.2) is 6.04 Å². The number of carbonyl (C=O) groups excluding carboxylic acids is 1. The zero-order chi connectivity index (χ0) is 15.8. The fourth-order valence-electron chi connectivity index (χ4n) is 1.58. The molecule has 0 amide bonds. The van der Waals surface area contributed by atoms with E-state index in [1.807, 2.05) is 0 Å². The van der Waals surface area contributed by atoms with Crippen molar-refractivity contribution in [2.75, 3.05) is 6.61 Å². The van der Waals surface area contributed by atoms with Crippen molar-refractivity contribution >= 4 is 18.2 Å². The Balaban J connectivity index is 3.05. The Morgan fingerprint density at radius 1 is 1.29 bits per heavy atom. The highest BCUT2D eigenvalue weighted by Crippen LogP contribution is 2.17. The van der Waals surface area contributed by atoms with Crippen LogP contribution in [0.5, 0.6) is 0 Å². The maximum absolute atomic E-state index is 11.6. The molecule has 2 N–H and O–H groups in total. The lowest BCUT2D eigenvalue weighted by atomic mass is 10.1. The number of hydrogen-bond donors (Lipinski definition) is 2. The number of carboxylic acids is 1. The number of esters is 1. The van der Waals surface area contributed by atoms with Crippen LogP contribution < -0.4 is 0 Å². The van der Waals surface area contributed by atoms with Gasteiger partial charge in [-0.3, -0.25) is 4.99 Å². The molecule has 0 aliphatic carbocycles. The molecule has 0 unspecified atom stereocenters. The van der Waals surface area contributed by atoms with E-state index in [-0.39, 0.29) is 17.9 Å². The number of aliphatic imine (C=N–C) groups is 1.